The van der Waals surface area contributed by atoms with Gasteiger partial charge in [-0.3, -0.25) is 9.20 Å². The van der Waals surface area contributed by atoms with Crippen molar-refractivity contribution in [3.63, 3.8) is 0 Å². The average Bonchev–Trinajstić information content (AvgIpc) is 2.53. The van der Waals surface area contributed by atoms with E-state index < -0.39 is 5.24 Å². The van der Waals surface area contributed by atoms with Crippen molar-refractivity contribution in [2.45, 2.75) is 6.92 Å². The van der Waals surface area contributed by atoms with Crippen molar-refractivity contribution >= 4 is 33.1 Å². The van der Waals surface area contributed by atoms with Crippen molar-refractivity contribution in [2.75, 3.05) is 0 Å². The molecular weight excluding hydrogens is 196 g/mol. The fourth-order valence-corrected chi connectivity index (χ4v) is 1.93. The van der Waals surface area contributed by atoms with Gasteiger partial charge in [-0.2, -0.15) is 0 Å². The maximum Gasteiger partial charge on any atom is 0.272 e. The van der Waals surface area contributed by atoms with Gasteiger partial charge in [-0.15, -0.1) is 11.3 Å². The first-order valence-corrected chi connectivity index (χ1v) is 4.57. The molecule has 0 saturated heterocycles. The van der Waals surface area contributed by atoms with Crippen LogP contribution in [-0.2, 0) is 0 Å². The Morgan fingerprint density at radius 3 is 3.08 bits per heavy atom. The van der Waals surface area contributed by atoms with E-state index in [2.05, 4.69) is 4.98 Å². The normalized spacial score (nSPS) is 10.8. The second kappa shape index (κ2) is 2.57. The minimum atomic E-state index is -0.509. The number of halogens is 1. The molecule has 2 aromatic rings. The van der Waals surface area contributed by atoms with Crippen molar-refractivity contribution in [3.05, 3.63) is 23.0 Å². The number of aryl methyl sites for hydroxylation is 1. The van der Waals surface area contributed by atoms with Crippen LogP contribution in [0, 0.1) is 6.92 Å². The second-order valence-corrected chi connectivity index (χ2v) is 3.61. The van der Waals surface area contributed by atoms with Gasteiger partial charge in [0.05, 0.1) is 0 Å². The highest BCUT2D eigenvalue weighted by molar-refractivity contribution is 7.15. The smallest absolute Gasteiger partial charge is 0.272 e. The molecule has 0 aliphatic carbocycles. The van der Waals surface area contributed by atoms with Gasteiger partial charge in [0.15, 0.2) is 4.96 Å². The number of thiazole rings is 1. The fourth-order valence-electron chi connectivity index (χ4n) is 0.989. The van der Waals surface area contributed by atoms with Crippen LogP contribution in [0.25, 0.3) is 4.96 Å². The highest BCUT2D eigenvalue weighted by Crippen LogP contribution is 2.16. The highest BCUT2D eigenvalue weighted by Gasteiger charge is 2.09. The van der Waals surface area contributed by atoms with Crippen molar-refractivity contribution in [1.82, 2.24) is 9.38 Å². The lowest BCUT2D eigenvalue weighted by molar-refractivity contribution is 0.107. The molecular formula is C7H5ClN2OS. The lowest BCUT2D eigenvalue weighted by Crippen LogP contribution is -1.86. The Morgan fingerprint density at radius 2 is 2.50 bits per heavy atom. The lowest BCUT2D eigenvalue weighted by atomic mass is 10.5. The van der Waals surface area contributed by atoms with E-state index >= 15 is 0 Å². The summed E-state index contributed by atoms with van der Waals surface area (Å²) in [4.78, 5) is 15.6. The summed E-state index contributed by atoms with van der Waals surface area (Å²) in [7, 11) is 0. The number of fused-ring (bicyclic) bond motifs is 1. The third-order valence-electron chi connectivity index (χ3n) is 1.59. The molecule has 2 rings (SSSR count). The molecule has 0 atom stereocenters. The number of carbonyl (C=O) groups is 1. The van der Waals surface area contributed by atoms with Crippen LogP contribution in [0.15, 0.2) is 11.6 Å². The van der Waals surface area contributed by atoms with Crippen molar-refractivity contribution in [1.29, 1.82) is 0 Å². The predicted octanol–water partition coefficient (Wildman–Crippen LogP) is 2.08. The zero-order valence-corrected chi connectivity index (χ0v) is 7.82. The van der Waals surface area contributed by atoms with E-state index in [-0.39, 0.29) is 0 Å². The number of carbonyl (C=O) groups excluding carboxylic acids is 1. The maximum atomic E-state index is 10.7. The van der Waals surface area contributed by atoms with Gasteiger partial charge in [0.1, 0.15) is 5.69 Å². The van der Waals surface area contributed by atoms with E-state index in [1.54, 1.807) is 6.20 Å². The minimum absolute atomic E-state index is 0.312. The summed E-state index contributed by atoms with van der Waals surface area (Å²) in [5, 5.41) is 1.47. The predicted molar refractivity (Wildman–Crippen MR) is 48.0 cm³/mol. The quantitative estimate of drug-likeness (QED) is 0.661. The summed E-state index contributed by atoms with van der Waals surface area (Å²) in [6, 6.07) is 0. The number of rotatable bonds is 1. The summed E-state index contributed by atoms with van der Waals surface area (Å²) < 4.78 is 1.85. The minimum Gasteiger partial charge on any atom is -0.294 e. The Balaban J connectivity index is 2.70. The Labute approximate surface area is 77.6 Å². The molecule has 0 aliphatic rings. The molecule has 0 N–H and O–H groups in total. The first-order valence-electron chi connectivity index (χ1n) is 3.31. The number of imidazole rings is 1. The lowest BCUT2D eigenvalue weighted by Gasteiger charge is -1.83. The Morgan fingerprint density at radius 1 is 1.75 bits per heavy atom. The van der Waals surface area contributed by atoms with E-state index in [1.807, 2.05) is 16.7 Å². The first kappa shape index (κ1) is 7.76. The molecule has 0 bridgehead atoms. The topological polar surface area (TPSA) is 34.4 Å². The van der Waals surface area contributed by atoms with Crippen molar-refractivity contribution < 1.29 is 4.79 Å². The zero-order valence-electron chi connectivity index (χ0n) is 6.24. The van der Waals surface area contributed by atoms with Gasteiger partial charge in [0.25, 0.3) is 5.24 Å². The molecule has 3 nitrogen and oxygen atoms in total. The average molecular weight is 201 g/mol. The van der Waals surface area contributed by atoms with Crippen LogP contribution in [0.3, 0.4) is 0 Å². The Kier molecular flexibility index (Phi) is 1.66. The fraction of sp³-hybridized carbons (Fsp3) is 0.143. The van der Waals surface area contributed by atoms with Crippen LogP contribution in [0.5, 0.6) is 0 Å². The Hall–Kier alpha value is -0.870. The molecule has 0 aliphatic heterocycles. The van der Waals surface area contributed by atoms with Gasteiger partial charge in [-0.05, 0) is 18.5 Å². The second-order valence-electron chi connectivity index (χ2n) is 2.43. The molecule has 0 aromatic carbocycles. The molecule has 0 unspecified atom stereocenters. The van der Waals surface area contributed by atoms with E-state index in [1.165, 1.54) is 11.3 Å². The standard InChI is InChI=1S/C7H5ClN2OS/c1-4-3-12-7-9-5(6(8)11)2-10(4)7/h2-3H,1H3. The highest BCUT2D eigenvalue weighted by atomic mass is 35.5. The van der Waals surface area contributed by atoms with Crippen LogP contribution < -0.4 is 0 Å². The third kappa shape index (κ3) is 1.04. The van der Waals surface area contributed by atoms with Gasteiger partial charge in [-0.25, -0.2) is 4.98 Å². The molecule has 0 saturated carbocycles. The molecule has 2 aromatic heterocycles. The molecule has 0 amide bonds. The molecule has 62 valence electrons. The number of aromatic nitrogens is 2. The number of hydrogen-bond donors (Lipinski definition) is 0. The monoisotopic (exact) mass is 200 g/mol. The third-order valence-corrected chi connectivity index (χ3v) is 2.74. The van der Waals surface area contributed by atoms with Crippen LogP contribution in [-0.4, -0.2) is 14.6 Å². The maximum absolute atomic E-state index is 10.7. The zero-order chi connectivity index (χ0) is 8.72. The number of nitrogens with zero attached hydrogens (tertiary/aromatic N) is 2. The Bertz CT molecular complexity index is 445. The summed E-state index contributed by atoms with van der Waals surface area (Å²) >= 11 is 6.77. The van der Waals surface area contributed by atoms with Crippen molar-refractivity contribution in [2.24, 2.45) is 0 Å². The van der Waals surface area contributed by atoms with Crippen LogP contribution in [0.2, 0.25) is 0 Å². The molecule has 5 heteroatoms. The van der Waals surface area contributed by atoms with Crippen LogP contribution >= 0.6 is 22.9 Å². The largest absolute Gasteiger partial charge is 0.294 e. The molecule has 0 radical (unpaired) electrons. The molecule has 12 heavy (non-hydrogen) atoms. The summed E-state index contributed by atoms with van der Waals surface area (Å²) in [6.07, 6.45) is 1.65. The van der Waals surface area contributed by atoms with Gasteiger partial charge < -0.3 is 0 Å². The molecule has 2 heterocycles. The van der Waals surface area contributed by atoms with Gasteiger partial charge in [0, 0.05) is 17.3 Å². The van der Waals surface area contributed by atoms with E-state index in [4.69, 9.17) is 11.6 Å². The van der Waals surface area contributed by atoms with E-state index in [9.17, 15) is 4.79 Å². The van der Waals surface area contributed by atoms with Crippen molar-refractivity contribution in [3.8, 4) is 0 Å². The number of hydrogen-bond acceptors (Lipinski definition) is 3. The summed E-state index contributed by atoms with van der Waals surface area (Å²) in [5.74, 6) is 0. The van der Waals surface area contributed by atoms with Crippen LogP contribution in [0.4, 0.5) is 0 Å². The van der Waals surface area contributed by atoms with Crippen LogP contribution in [0.1, 0.15) is 16.2 Å². The molecule has 0 spiro atoms. The van der Waals surface area contributed by atoms with E-state index in [0.29, 0.717) is 5.69 Å². The van der Waals surface area contributed by atoms with E-state index in [0.717, 1.165) is 10.7 Å². The first-order chi connectivity index (χ1) is 5.68. The summed E-state index contributed by atoms with van der Waals surface area (Å²) in [6.45, 7) is 1.95. The van der Waals surface area contributed by atoms with Gasteiger partial charge in [-0.1, -0.05) is 0 Å². The SMILES string of the molecule is Cc1csc2nc(C(=O)Cl)cn12. The molecule has 0 fully saturated rings. The van der Waals surface area contributed by atoms with Gasteiger partial charge >= 0.3 is 0 Å². The van der Waals surface area contributed by atoms with Gasteiger partial charge in [0.2, 0.25) is 0 Å². The summed E-state index contributed by atoms with van der Waals surface area (Å²) in [5.41, 5.74) is 1.37.